The fraction of sp³-hybridized carbons (Fsp3) is 0.615. The highest BCUT2D eigenvalue weighted by Crippen LogP contribution is 2.21. The van der Waals surface area contributed by atoms with Crippen LogP contribution in [0.25, 0.3) is 0 Å². The summed E-state index contributed by atoms with van der Waals surface area (Å²) in [4.78, 5) is 12.0. The highest BCUT2D eigenvalue weighted by molar-refractivity contribution is 5.92. The topological polar surface area (TPSA) is 46.1 Å². The number of nitrogens with one attached hydrogen (secondary N) is 2. The van der Waals surface area contributed by atoms with Gasteiger partial charge in [-0.1, -0.05) is 6.92 Å². The molecule has 1 amide bonds. The van der Waals surface area contributed by atoms with Crippen LogP contribution in [0.4, 0.5) is 0 Å². The molecule has 1 aromatic heterocycles. The summed E-state index contributed by atoms with van der Waals surface area (Å²) in [5.41, 5.74) is 0.797. The molecule has 0 saturated carbocycles. The van der Waals surface area contributed by atoms with Gasteiger partial charge >= 0.3 is 0 Å². The van der Waals surface area contributed by atoms with Crippen molar-refractivity contribution in [2.75, 3.05) is 19.6 Å². The van der Waals surface area contributed by atoms with Gasteiger partial charge in [-0.15, -0.1) is 0 Å². The van der Waals surface area contributed by atoms with Gasteiger partial charge in [-0.05, 0) is 44.5 Å². The third-order valence-electron chi connectivity index (χ3n) is 3.25. The standard InChI is InChI=1S/C13H21N3O/c1-2-7-15-13(17)12-4-3-10-16(12)11-5-8-14-9-6-11/h3-4,10-11,14H,2,5-9H2,1H3,(H,15,17). The maximum atomic E-state index is 12.0. The molecule has 1 aliphatic rings. The molecule has 2 rings (SSSR count). The van der Waals surface area contributed by atoms with Crippen molar-refractivity contribution in [3.63, 3.8) is 0 Å². The number of carbonyl (C=O) groups excluding carboxylic acids is 1. The molecule has 0 spiro atoms. The predicted molar refractivity (Wildman–Crippen MR) is 68.2 cm³/mol. The van der Waals surface area contributed by atoms with E-state index in [0.717, 1.165) is 44.6 Å². The van der Waals surface area contributed by atoms with Gasteiger partial charge in [0.2, 0.25) is 0 Å². The molecule has 0 aromatic carbocycles. The van der Waals surface area contributed by atoms with Crippen LogP contribution < -0.4 is 10.6 Å². The van der Waals surface area contributed by atoms with Crippen LogP contribution in [0.15, 0.2) is 18.3 Å². The Hall–Kier alpha value is -1.29. The fourth-order valence-electron chi connectivity index (χ4n) is 2.32. The van der Waals surface area contributed by atoms with Gasteiger partial charge in [0.15, 0.2) is 0 Å². The van der Waals surface area contributed by atoms with Crippen molar-refractivity contribution in [3.05, 3.63) is 24.0 Å². The Morgan fingerprint density at radius 2 is 2.29 bits per heavy atom. The number of nitrogens with zero attached hydrogens (tertiary/aromatic N) is 1. The van der Waals surface area contributed by atoms with Gasteiger partial charge in [0.1, 0.15) is 5.69 Å². The summed E-state index contributed by atoms with van der Waals surface area (Å²) in [6, 6.07) is 4.34. The zero-order chi connectivity index (χ0) is 12.1. The van der Waals surface area contributed by atoms with Crippen LogP contribution >= 0.6 is 0 Å². The highest BCUT2D eigenvalue weighted by Gasteiger charge is 2.19. The molecule has 1 aliphatic heterocycles. The Kier molecular flexibility index (Phi) is 4.20. The molecule has 0 radical (unpaired) electrons. The average Bonchev–Trinajstić information content (AvgIpc) is 2.86. The lowest BCUT2D eigenvalue weighted by atomic mass is 10.1. The molecule has 1 fully saturated rings. The molecule has 0 aliphatic carbocycles. The van der Waals surface area contributed by atoms with Crippen LogP contribution in [0.1, 0.15) is 42.7 Å². The molecule has 17 heavy (non-hydrogen) atoms. The van der Waals surface area contributed by atoms with E-state index >= 15 is 0 Å². The average molecular weight is 235 g/mol. The lowest BCUT2D eigenvalue weighted by Crippen LogP contribution is -2.32. The van der Waals surface area contributed by atoms with E-state index < -0.39 is 0 Å². The van der Waals surface area contributed by atoms with Gasteiger partial charge in [0.25, 0.3) is 5.91 Å². The molecule has 4 nitrogen and oxygen atoms in total. The molecule has 0 bridgehead atoms. The number of piperidine rings is 1. The Morgan fingerprint density at radius 1 is 1.53 bits per heavy atom. The van der Waals surface area contributed by atoms with Crippen LogP contribution in [0, 0.1) is 0 Å². The lowest BCUT2D eigenvalue weighted by Gasteiger charge is -2.25. The normalized spacial score (nSPS) is 17.0. The molecule has 0 unspecified atom stereocenters. The number of aromatic nitrogens is 1. The molecule has 1 aromatic rings. The van der Waals surface area contributed by atoms with Gasteiger partial charge < -0.3 is 15.2 Å². The van der Waals surface area contributed by atoms with Crippen molar-refractivity contribution >= 4 is 5.91 Å². The van der Waals surface area contributed by atoms with Crippen molar-refractivity contribution in [2.24, 2.45) is 0 Å². The summed E-state index contributed by atoms with van der Waals surface area (Å²) in [7, 11) is 0. The number of hydrogen-bond donors (Lipinski definition) is 2. The molecule has 94 valence electrons. The Bertz CT molecular complexity index is 366. The summed E-state index contributed by atoms with van der Waals surface area (Å²) < 4.78 is 2.13. The summed E-state index contributed by atoms with van der Waals surface area (Å²) in [5.74, 6) is 0.0513. The van der Waals surface area contributed by atoms with Crippen molar-refractivity contribution in [1.82, 2.24) is 15.2 Å². The number of hydrogen-bond acceptors (Lipinski definition) is 2. The summed E-state index contributed by atoms with van der Waals surface area (Å²) >= 11 is 0. The minimum absolute atomic E-state index is 0.0513. The van der Waals surface area contributed by atoms with Crippen molar-refractivity contribution in [3.8, 4) is 0 Å². The molecular formula is C13H21N3O. The molecule has 0 atom stereocenters. The van der Waals surface area contributed by atoms with Gasteiger partial charge in [0.05, 0.1) is 0 Å². The number of rotatable bonds is 4. The van der Waals surface area contributed by atoms with E-state index in [9.17, 15) is 4.79 Å². The maximum Gasteiger partial charge on any atom is 0.267 e. The van der Waals surface area contributed by atoms with Gasteiger partial charge in [-0.25, -0.2) is 0 Å². The van der Waals surface area contributed by atoms with Crippen LogP contribution in [-0.4, -0.2) is 30.1 Å². The minimum atomic E-state index is 0.0513. The first-order valence-corrected chi connectivity index (χ1v) is 6.48. The SMILES string of the molecule is CCCNC(=O)c1cccn1C1CCNCC1. The molecule has 2 N–H and O–H groups in total. The van der Waals surface area contributed by atoms with E-state index in [0.29, 0.717) is 6.04 Å². The van der Waals surface area contributed by atoms with Crippen molar-refractivity contribution in [1.29, 1.82) is 0 Å². The first-order valence-electron chi connectivity index (χ1n) is 6.48. The second kappa shape index (κ2) is 5.87. The van der Waals surface area contributed by atoms with Crippen LogP contribution in [0.5, 0.6) is 0 Å². The third-order valence-corrected chi connectivity index (χ3v) is 3.25. The second-order valence-electron chi connectivity index (χ2n) is 4.54. The quantitative estimate of drug-likeness (QED) is 0.832. The first-order chi connectivity index (χ1) is 8.33. The van der Waals surface area contributed by atoms with Gasteiger partial charge in [-0.3, -0.25) is 4.79 Å². The van der Waals surface area contributed by atoms with E-state index in [1.165, 1.54) is 0 Å². The zero-order valence-corrected chi connectivity index (χ0v) is 10.4. The van der Waals surface area contributed by atoms with E-state index in [1.54, 1.807) is 0 Å². The van der Waals surface area contributed by atoms with Gasteiger partial charge in [-0.2, -0.15) is 0 Å². The molecular weight excluding hydrogens is 214 g/mol. The van der Waals surface area contributed by atoms with E-state index in [2.05, 4.69) is 22.1 Å². The van der Waals surface area contributed by atoms with E-state index in [-0.39, 0.29) is 5.91 Å². The van der Waals surface area contributed by atoms with Crippen LogP contribution in [0.3, 0.4) is 0 Å². The highest BCUT2D eigenvalue weighted by atomic mass is 16.1. The fourth-order valence-corrected chi connectivity index (χ4v) is 2.32. The molecule has 1 saturated heterocycles. The molecule has 4 heteroatoms. The molecule has 2 heterocycles. The summed E-state index contributed by atoms with van der Waals surface area (Å²) in [6.07, 6.45) is 5.20. The van der Waals surface area contributed by atoms with E-state index in [4.69, 9.17) is 0 Å². The lowest BCUT2D eigenvalue weighted by molar-refractivity contribution is 0.0941. The van der Waals surface area contributed by atoms with Crippen LogP contribution in [0.2, 0.25) is 0 Å². The monoisotopic (exact) mass is 235 g/mol. The minimum Gasteiger partial charge on any atom is -0.351 e. The Morgan fingerprint density at radius 3 is 3.00 bits per heavy atom. The third kappa shape index (κ3) is 2.88. The Labute approximate surface area is 102 Å². The first kappa shape index (κ1) is 12.2. The summed E-state index contributed by atoms with van der Waals surface area (Å²) in [6.45, 7) is 4.89. The summed E-state index contributed by atoms with van der Waals surface area (Å²) in [5, 5.41) is 6.28. The largest absolute Gasteiger partial charge is 0.351 e. The van der Waals surface area contributed by atoms with Gasteiger partial charge in [0, 0.05) is 18.8 Å². The predicted octanol–water partition coefficient (Wildman–Crippen LogP) is 1.55. The van der Waals surface area contributed by atoms with Crippen molar-refractivity contribution in [2.45, 2.75) is 32.2 Å². The Balaban J connectivity index is 2.07. The smallest absolute Gasteiger partial charge is 0.267 e. The van der Waals surface area contributed by atoms with Crippen LogP contribution in [-0.2, 0) is 0 Å². The maximum absolute atomic E-state index is 12.0. The van der Waals surface area contributed by atoms with Crippen molar-refractivity contribution < 1.29 is 4.79 Å². The second-order valence-corrected chi connectivity index (χ2v) is 4.54. The van der Waals surface area contributed by atoms with E-state index in [1.807, 2.05) is 18.3 Å². The number of amides is 1. The number of carbonyl (C=O) groups is 1. The zero-order valence-electron chi connectivity index (χ0n) is 10.4.